The van der Waals surface area contributed by atoms with Crippen molar-refractivity contribution in [2.45, 2.75) is 12.8 Å². The van der Waals surface area contributed by atoms with Crippen LogP contribution in [-0.2, 0) is 6.42 Å². The Hall–Kier alpha value is -1.02. The van der Waals surface area contributed by atoms with E-state index >= 15 is 0 Å². The molecule has 11 heavy (non-hydrogen) atoms. The van der Waals surface area contributed by atoms with E-state index in [9.17, 15) is 5.11 Å². The first kappa shape index (κ1) is 8.08. The zero-order valence-electron chi connectivity index (χ0n) is 6.33. The second-order valence-corrected chi connectivity index (χ2v) is 2.46. The fourth-order valence-electron chi connectivity index (χ4n) is 0.992. The molecule has 0 radical (unpaired) electrons. The van der Waals surface area contributed by atoms with Crippen LogP contribution in [0.15, 0.2) is 24.3 Å². The molecule has 0 unspecified atom stereocenters. The summed E-state index contributed by atoms with van der Waals surface area (Å²) in [5.41, 5.74) is 0.904. The van der Waals surface area contributed by atoms with Crippen LogP contribution in [0.1, 0.15) is 12.0 Å². The van der Waals surface area contributed by atoms with Gasteiger partial charge in [0.25, 0.3) is 0 Å². The van der Waals surface area contributed by atoms with Gasteiger partial charge in [-0.2, -0.15) is 0 Å². The Balaban J connectivity index is 2.62. The Kier molecular flexibility index (Phi) is 2.93. The molecule has 0 amide bonds. The van der Waals surface area contributed by atoms with Crippen LogP contribution in [0.4, 0.5) is 0 Å². The van der Waals surface area contributed by atoms with Gasteiger partial charge in [0.15, 0.2) is 0 Å². The number of phenolic OH excluding ortho intramolecular Hbond substituents is 1. The van der Waals surface area contributed by atoms with Crippen molar-refractivity contribution < 1.29 is 10.2 Å². The number of hydrogen-bond donors (Lipinski definition) is 2. The lowest BCUT2D eigenvalue weighted by atomic mass is 10.1. The van der Waals surface area contributed by atoms with Crippen LogP contribution in [-0.4, -0.2) is 16.8 Å². The van der Waals surface area contributed by atoms with Gasteiger partial charge < -0.3 is 10.2 Å². The van der Waals surface area contributed by atoms with Gasteiger partial charge in [-0.3, -0.25) is 0 Å². The van der Waals surface area contributed by atoms with Gasteiger partial charge in [-0.1, -0.05) is 18.2 Å². The molecule has 0 saturated heterocycles. The third kappa shape index (κ3) is 2.24. The molecule has 0 fully saturated rings. The van der Waals surface area contributed by atoms with Crippen LogP contribution >= 0.6 is 0 Å². The summed E-state index contributed by atoms with van der Waals surface area (Å²) in [5, 5.41) is 17.8. The lowest BCUT2D eigenvalue weighted by molar-refractivity contribution is 0.288. The zero-order valence-corrected chi connectivity index (χ0v) is 6.33. The van der Waals surface area contributed by atoms with Crippen LogP contribution in [0.5, 0.6) is 5.75 Å². The average Bonchev–Trinajstić information content (AvgIpc) is 2.03. The number of phenols is 1. The molecule has 1 aromatic carbocycles. The van der Waals surface area contributed by atoms with E-state index in [0.717, 1.165) is 12.0 Å². The quantitative estimate of drug-likeness (QED) is 0.685. The Morgan fingerprint density at radius 1 is 1.18 bits per heavy atom. The van der Waals surface area contributed by atoms with E-state index in [0.29, 0.717) is 12.2 Å². The first-order chi connectivity index (χ1) is 5.34. The normalized spacial score (nSPS) is 9.91. The predicted molar refractivity (Wildman–Crippen MR) is 43.5 cm³/mol. The first-order valence-corrected chi connectivity index (χ1v) is 3.72. The van der Waals surface area contributed by atoms with Gasteiger partial charge in [-0.25, -0.2) is 0 Å². The molecule has 2 heteroatoms. The minimum atomic E-state index is 0.175. The Labute approximate surface area is 66.1 Å². The minimum absolute atomic E-state index is 0.175. The average molecular weight is 152 g/mol. The largest absolute Gasteiger partial charge is 0.508 e. The summed E-state index contributed by atoms with van der Waals surface area (Å²) in [4.78, 5) is 0. The second kappa shape index (κ2) is 3.98. The highest BCUT2D eigenvalue weighted by Gasteiger charge is 1.96. The highest BCUT2D eigenvalue weighted by atomic mass is 16.3. The first-order valence-electron chi connectivity index (χ1n) is 3.72. The molecule has 0 aromatic heterocycles. The number of aryl methyl sites for hydroxylation is 1. The minimum Gasteiger partial charge on any atom is -0.508 e. The highest BCUT2D eigenvalue weighted by Crippen LogP contribution is 2.16. The molecule has 0 bridgehead atoms. The van der Waals surface area contributed by atoms with Crippen molar-refractivity contribution in [3.05, 3.63) is 29.8 Å². The molecular weight excluding hydrogens is 140 g/mol. The fraction of sp³-hybridized carbons (Fsp3) is 0.333. The van der Waals surface area contributed by atoms with Crippen molar-refractivity contribution in [1.82, 2.24) is 0 Å². The van der Waals surface area contributed by atoms with Crippen LogP contribution in [0.25, 0.3) is 0 Å². The summed E-state index contributed by atoms with van der Waals surface area (Å²) in [7, 11) is 0. The van der Waals surface area contributed by atoms with E-state index in [1.807, 2.05) is 12.1 Å². The number of para-hydroxylation sites is 1. The number of aliphatic hydroxyl groups is 1. The third-order valence-corrected chi connectivity index (χ3v) is 1.60. The van der Waals surface area contributed by atoms with E-state index < -0.39 is 0 Å². The van der Waals surface area contributed by atoms with E-state index in [1.54, 1.807) is 12.1 Å². The van der Waals surface area contributed by atoms with Crippen LogP contribution in [0.2, 0.25) is 0 Å². The van der Waals surface area contributed by atoms with Crippen molar-refractivity contribution in [1.29, 1.82) is 0 Å². The summed E-state index contributed by atoms with van der Waals surface area (Å²) < 4.78 is 0. The lowest BCUT2D eigenvalue weighted by Gasteiger charge is -2.00. The molecule has 1 aromatic rings. The number of hydrogen-bond acceptors (Lipinski definition) is 2. The molecule has 0 atom stereocenters. The smallest absolute Gasteiger partial charge is 0.118 e. The summed E-state index contributed by atoms with van der Waals surface area (Å²) in [6.45, 7) is 0.175. The van der Waals surface area contributed by atoms with Crippen LogP contribution in [0.3, 0.4) is 0 Å². The maximum absolute atomic E-state index is 9.26. The van der Waals surface area contributed by atoms with E-state index in [4.69, 9.17) is 5.11 Å². The monoisotopic (exact) mass is 152 g/mol. The van der Waals surface area contributed by atoms with Gasteiger partial charge in [0.2, 0.25) is 0 Å². The Bertz CT molecular complexity index is 221. The lowest BCUT2D eigenvalue weighted by Crippen LogP contribution is -1.89. The number of rotatable bonds is 3. The molecule has 0 heterocycles. The SMILES string of the molecule is OCCCc1ccccc1O. The molecule has 0 aliphatic rings. The number of benzene rings is 1. The molecule has 0 saturated carbocycles. The molecule has 2 N–H and O–H groups in total. The topological polar surface area (TPSA) is 40.5 Å². The van der Waals surface area contributed by atoms with E-state index in [-0.39, 0.29) is 6.61 Å². The zero-order chi connectivity index (χ0) is 8.10. The summed E-state index contributed by atoms with van der Waals surface area (Å²) in [5.74, 6) is 0.320. The van der Waals surface area contributed by atoms with E-state index in [1.165, 1.54) is 0 Å². The molecule has 0 spiro atoms. The highest BCUT2D eigenvalue weighted by molar-refractivity contribution is 5.31. The maximum Gasteiger partial charge on any atom is 0.118 e. The Morgan fingerprint density at radius 2 is 1.91 bits per heavy atom. The molecule has 0 aliphatic carbocycles. The van der Waals surface area contributed by atoms with Crippen molar-refractivity contribution in [2.75, 3.05) is 6.61 Å². The summed E-state index contributed by atoms with van der Waals surface area (Å²) >= 11 is 0. The number of aromatic hydroxyl groups is 1. The maximum atomic E-state index is 9.26. The number of aliphatic hydroxyl groups excluding tert-OH is 1. The van der Waals surface area contributed by atoms with Crippen molar-refractivity contribution in [2.24, 2.45) is 0 Å². The molecule has 60 valence electrons. The van der Waals surface area contributed by atoms with Gasteiger partial charge in [0, 0.05) is 6.61 Å². The molecule has 1 rings (SSSR count). The molecule has 2 nitrogen and oxygen atoms in total. The van der Waals surface area contributed by atoms with Crippen LogP contribution in [0, 0.1) is 0 Å². The van der Waals surface area contributed by atoms with Crippen molar-refractivity contribution in [3.8, 4) is 5.75 Å². The summed E-state index contributed by atoms with van der Waals surface area (Å²) in [6, 6.07) is 7.20. The van der Waals surface area contributed by atoms with E-state index in [2.05, 4.69) is 0 Å². The van der Waals surface area contributed by atoms with Gasteiger partial charge in [0.1, 0.15) is 5.75 Å². The van der Waals surface area contributed by atoms with Crippen molar-refractivity contribution >= 4 is 0 Å². The van der Waals surface area contributed by atoms with Gasteiger partial charge in [-0.15, -0.1) is 0 Å². The van der Waals surface area contributed by atoms with Gasteiger partial charge >= 0.3 is 0 Å². The fourth-order valence-corrected chi connectivity index (χ4v) is 0.992. The summed E-state index contributed by atoms with van der Waals surface area (Å²) in [6.07, 6.45) is 1.45. The Morgan fingerprint density at radius 3 is 2.55 bits per heavy atom. The molecular formula is C9H12O2. The van der Waals surface area contributed by atoms with Crippen LogP contribution < -0.4 is 0 Å². The standard InChI is InChI=1S/C9H12O2/c10-7-3-5-8-4-1-2-6-9(8)11/h1-2,4,6,10-11H,3,5,7H2. The van der Waals surface area contributed by atoms with Gasteiger partial charge in [0.05, 0.1) is 0 Å². The van der Waals surface area contributed by atoms with Crippen molar-refractivity contribution in [3.63, 3.8) is 0 Å². The molecule has 0 aliphatic heterocycles. The third-order valence-electron chi connectivity index (χ3n) is 1.60. The van der Waals surface area contributed by atoms with Gasteiger partial charge in [-0.05, 0) is 24.5 Å². The predicted octanol–water partition coefficient (Wildman–Crippen LogP) is 1.32. The second-order valence-electron chi connectivity index (χ2n) is 2.46.